The summed E-state index contributed by atoms with van der Waals surface area (Å²) in [5, 5.41) is -0.324. The molecule has 1 heterocycles. The maximum absolute atomic E-state index is 12.0. The monoisotopic (exact) mass is 277 g/mol. The fourth-order valence-corrected chi connectivity index (χ4v) is 3.73. The van der Waals surface area contributed by atoms with Crippen molar-refractivity contribution in [1.29, 1.82) is 0 Å². The molecule has 1 unspecified atom stereocenters. The molecule has 0 aromatic heterocycles. The van der Waals surface area contributed by atoms with E-state index in [0.29, 0.717) is 25.7 Å². The Bertz CT molecular complexity index is 335. The third-order valence-corrected chi connectivity index (χ3v) is 5.99. The Labute approximate surface area is 111 Å². The highest BCUT2D eigenvalue weighted by Crippen LogP contribution is 2.16. The van der Waals surface area contributed by atoms with Gasteiger partial charge < -0.3 is 5.73 Å². The van der Waals surface area contributed by atoms with Crippen LogP contribution in [-0.4, -0.2) is 61.6 Å². The summed E-state index contributed by atoms with van der Waals surface area (Å²) >= 11 is 0. The maximum atomic E-state index is 12.0. The van der Waals surface area contributed by atoms with Gasteiger partial charge in [-0.3, -0.25) is 4.90 Å². The second-order valence-corrected chi connectivity index (χ2v) is 7.66. The number of nitrogens with two attached hydrogens (primary N) is 1. The van der Waals surface area contributed by atoms with Crippen LogP contribution in [0.5, 0.6) is 0 Å². The Hall–Kier alpha value is -0.170. The van der Waals surface area contributed by atoms with Crippen molar-refractivity contribution < 1.29 is 8.42 Å². The Balaban J connectivity index is 2.55. The van der Waals surface area contributed by atoms with Gasteiger partial charge in [0.05, 0.1) is 5.25 Å². The molecule has 5 nitrogen and oxygen atoms in total. The van der Waals surface area contributed by atoms with Crippen molar-refractivity contribution in [2.24, 2.45) is 5.73 Å². The zero-order valence-electron chi connectivity index (χ0n) is 11.8. The minimum Gasteiger partial charge on any atom is -0.330 e. The minimum absolute atomic E-state index is 0.324. The number of rotatable bonds is 6. The van der Waals surface area contributed by atoms with E-state index in [1.807, 2.05) is 0 Å². The lowest BCUT2D eigenvalue weighted by atomic mass is 10.1. The number of hydrogen-bond donors (Lipinski definition) is 1. The molecule has 1 aliphatic rings. The van der Waals surface area contributed by atoms with E-state index in [-0.39, 0.29) is 5.25 Å². The Kier molecular flexibility index (Phi) is 6.04. The highest BCUT2D eigenvalue weighted by Gasteiger charge is 2.30. The van der Waals surface area contributed by atoms with Crippen molar-refractivity contribution in [3.63, 3.8) is 0 Å². The zero-order valence-corrected chi connectivity index (χ0v) is 12.6. The van der Waals surface area contributed by atoms with Gasteiger partial charge in [-0.1, -0.05) is 6.92 Å². The highest BCUT2D eigenvalue weighted by molar-refractivity contribution is 7.89. The summed E-state index contributed by atoms with van der Waals surface area (Å²) in [6.07, 6.45) is 2.07. The minimum atomic E-state index is -3.09. The summed E-state index contributed by atoms with van der Waals surface area (Å²) in [4.78, 5) is 2.37. The first-order valence-corrected chi connectivity index (χ1v) is 8.36. The van der Waals surface area contributed by atoms with Crippen LogP contribution in [0.1, 0.15) is 33.6 Å². The van der Waals surface area contributed by atoms with Crippen LogP contribution >= 0.6 is 0 Å². The van der Waals surface area contributed by atoms with Crippen molar-refractivity contribution in [1.82, 2.24) is 9.21 Å². The fourth-order valence-electron chi connectivity index (χ4n) is 2.46. The van der Waals surface area contributed by atoms with Crippen LogP contribution in [-0.2, 0) is 10.0 Å². The molecule has 0 aromatic rings. The Morgan fingerprint density at radius 2 is 1.72 bits per heavy atom. The molecule has 1 aliphatic heterocycles. The number of hydrogen-bond acceptors (Lipinski definition) is 4. The van der Waals surface area contributed by atoms with Gasteiger partial charge in [0, 0.05) is 32.2 Å². The van der Waals surface area contributed by atoms with Gasteiger partial charge >= 0.3 is 0 Å². The molecule has 18 heavy (non-hydrogen) atoms. The molecule has 2 N–H and O–H groups in total. The van der Waals surface area contributed by atoms with E-state index in [1.165, 1.54) is 0 Å². The smallest absolute Gasteiger partial charge is 0.216 e. The first-order valence-electron chi connectivity index (χ1n) is 6.86. The lowest BCUT2D eigenvalue weighted by molar-refractivity contribution is 0.128. The van der Waals surface area contributed by atoms with Crippen LogP contribution in [0.15, 0.2) is 0 Å². The SMILES string of the molecule is CCC(CCN)N1CCN(S(=O)(=O)C(C)C)CC1. The second-order valence-electron chi connectivity index (χ2n) is 5.17. The number of nitrogens with zero attached hydrogens (tertiary/aromatic N) is 2. The third kappa shape index (κ3) is 3.66. The summed E-state index contributed by atoms with van der Waals surface area (Å²) < 4.78 is 25.7. The van der Waals surface area contributed by atoms with Crippen molar-refractivity contribution in [3.8, 4) is 0 Å². The van der Waals surface area contributed by atoms with Crippen molar-refractivity contribution in [2.75, 3.05) is 32.7 Å². The quantitative estimate of drug-likeness (QED) is 0.766. The summed E-state index contributed by atoms with van der Waals surface area (Å²) in [5.41, 5.74) is 5.61. The standard InChI is InChI=1S/C12H27N3O2S/c1-4-12(5-6-13)14-7-9-15(10-8-14)18(16,17)11(2)3/h11-12H,4-10,13H2,1-3H3. The van der Waals surface area contributed by atoms with Crippen LogP contribution in [0, 0.1) is 0 Å². The van der Waals surface area contributed by atoms with Crippen LogP contribution in [0.4, 0.5) is 0 Å². The number of piperazine rings is 1. The largest absolute Gasteiger partial charge is 0.330 e. The van der Waals surface area contributed by atoms with Crippen LogP contribution in [0.2, 0.25) is 0 Å². The summed E-state index contributed by atoms with van der Waals surface area (Å²) in [7, 11) is -3.09. The lowest BCUT2D eigenvalue weighted by Gasteiger charge is -2.39. The molecular weight excluding hydrogens is 250 g/mol. The molecule has 0 aliphatic carbocycles. The average molecular weight is 277 g/mol. The predicted molar refractivity (Wildman–Crippen MR) is 75.0 cm³/mol. The summed E-state index contributed by atoms with van der Waals surface area (Å²) in [6.45, 7) is 9.22. The van der Waals surface area contributed by atoms with Gasteiger partial charge in [0.2, 0.25) is 10.0 Å². The van der Waals surface area contributed by atoms with E-state index in [4.69, 9.17) is 5.73 Å². The van der Waals surface area contributed by atoms with Gasteiger partial charge in [-0.05, 0) is 33.2 Å². The first kappa shape index (κ1) is 15.9. The van der Waals surface area contributed by atoms with E-state index >= 15 is 0 Å². The van der Waals surface area contributed by atoms with Crippen LogP contribution in [0.3, 0.4) is 0 Å². The van der Waals surface area contributed by atoms with Gasteiger partial charge in [-0.2, -0.15) is 4.31 Å². The Morgan fingerprint density at radius 3 is 2.11 bits per heavy atom. The summed E-state index contributed by atoms with van der Waals surface area (Å²) in [6, 6.07) is 0.499. The maximum Gasteiger partial charge on any atom is 0.216 e. The molecule has 1 saturated heterocycles. The molecule has 1 rings (SSSR count). The Morgan fingerprint density at radius 1 is 1.17 bits per heavy atom. The van der Waals surface area contributed by atoms with Crippen LogP contribution < -0.4 is 5.73 Å². The average Bonchev–Trinajstić information content (AvgIpc) is 2.36. The van der Waals surface area contributed by atoms with Gasteiger partial charge in [0.1, 0.15) is 0 Å². The molecule has 1 fully saturated rings. The summed E-state index contributed by atoms with van der Waals surface area (Å²) in [5.74, 6) is 0. The van der Waals surface area contributed by atoms with Crippen LogP contribution in [0.25, 0.3) is 0 Å². The third-order valence-electron chi connectivity index (χ3n) is 3.72. The van der Waals surface area contributed by atoms with Crippen molar-refractivity contribution >= 4 is 10.0 Å². The normalized spacial score (nSPS) is 21.4. The van der Waals surface area contributed by atoms with E-state index < -0.39 is 10.0 Å². The molecule has 0 bridgehead atoms. The van der Waals surface area contributed by atoms with Crippen molar-refractivity contribution in [2.45, 2.75) is 44.9 Å². The van der Waals surface area contributed by atoms with Crippen molar-refractivity contribution in [3.05, 3.63) is 0 Å². The van der Waals surface area contributed by atoms with E-state index in [0.717, 1.165) is 25.9 Å². The number of sulfonamides is 1. The van der Waals surface area contributed by atoms with Gasteiger partial charge in [-0.25, -0.2) is 8.42 Å². The van der Waals surface area contributed by atoms with Gasteiger partial charge in [0.25, 0.3) is 0 Å². The predicted octanol–water partition coefficient (Wildman–Crippen LogP) is 0.470. The van der Waals surface area contributed by atoms with E-state index in [1.54, 1.807) is 18.2 Å². The molecule has 0 radical (unpaired) electrons. The van der Waals surface area contributed by atoms with E-state index in [9.17, 15) is 8.42 Å². The topological polar surface area (TPSA) is 66.6 Å². The molecular formula is C12H27N3O2S. The molecule has 0 spiro atoms. The van der Waals surface area contributed by atoms with Gasteiger partial charge in [0.15, 0.2) is 0 Å². The van der Waals surface area contributed by atoms with E-state index in [2.05, 4.69) is 11.8 Å². The molecule has 1 atom stereocenters. The fraction of sp³-hybridized carbons (Fsp3) is 1.00. The molecule has 108 valence electrons. The molecule has 0 saturated carbocycles. The molecule has 0 amide bonds. The van der Waals surface area contributed by atoms with Gasteiger partial charge in [-0.15, -0.1) is 0 Å². The first-order chi connectivity index (χ1) is 8.43. The highest BCUT2D eigenvalue weighted by atomic mass is 32.2. The lowest BCUT2D eigenvalue weighted by Crippen LogP contribution is -2.53. The molecule has 6 heteroatoms. The zero-order chi connectivity index (χ0) is 13.8. The second kappa shape index (κ2) is 6.84. The molecule has 0 aromatic carbocycles.